The van der Waals surface area contributed by atoms with Gasteiger partial charge in [-0.05, 0) is 43.4 Å². The Morgan fingerprint density at radius 1 is 1.40 bits per heavy atom. The van der Waals surface area contributed by atoms with Gasteiger partial charge in [-0.1, -0.05) is 19.1 Å². The Morgan fingerprint density at radius 3 is 2.88 bits per heavy atom. The van der Waals surface area contributed by atoms with E-state index in [0.717, 1.165) is 37.2 Å². The van der Waals surface area contributed by atoms with Gasteiger partial charge in [-0.15, -0.1) is 0 Å². The third-order valence-corrected chi connectivity index (χ3v) is 4.30. The summed E-state index contributed by atoms with van der Waals surface area (Å²) in [6, 6.07) is 7.55. The van der Waals surface area contributed by atoms with Crippen molar-refractivity contribution in [2.45, 2.75) is 26.7 Å². The molecule has 25 heavy (non-hydrogen) atoms. The number of hydrogen-bond donors (Lipinski definition) is 2. The largest absolute Gasteiger partial charge is 0.378 e. The second-order valence-corrected chi connectivity index (χ2v) is 6.55. The number of nitro groups is 1. The molecule has 2 aromatic rings. The van der Waals surface area contributed by atoms with E-state index in [1.165, 1.54) is 0 Å². The minimum Gasteiger partial charge on any atom is -0.378 e. The van der Waals surface area contributed by atoms with E-state index in [4.69, 9.17) is 5.73 Å². The highest BCUT2D eigenvalue weighted by atomic mass is 16.6. The summed E-state index contributed by atoms with van der Waals surface area (Å²) in [4.78, 5) is 21.5. The monoisotopic (exact) mass is 342 g/mol. The number of aromatic nitrogens is 2. The number of piperidine rings is 1. The Balaban J connectivity index is 2.00. The van der Waals surface area contributed by atoms with Crippen molar-refractivity contribution in [2.75, 3.05) is 29.0 Å². The molecule has 0 spiro atoms. The normalized spacial score (nSPS) is 17.4. The van der Waals surface area contributed by atoms with Gasteiger partial charge in [-0.25, -0.2) is 0 Å². The number of nitrogens with two attached hydrogens (primary N) is 1. The summed E-state index contributed by atoms with van der Waals surface area (Å²) in [6.07, 6.45) is 2.20. The van der Waals surface area contributed by atoms with Crippen LogP contribution in [0.2, 0.25) is 0 Å². The summed E-state index contributed by atoms with van der Waals surface area (Å²) in [5.41, 5.74) is 7.36. The maximum absolute atomic E-state index is 11.4. The summed E-state index contributed by atoms with van der Waals surface area (Å²) in [7, 11) is 0. The molecule has 0 amide bonds. The first kappa shape index (κ1) is 16.9. The molecule has 8 heteroatoms. The molecular weight excluding hydrogens is 320 g/mol. The van der Waals surface area contributed by atoms with E-state index in [2.05, 4.69) is 22.2 Å². The number of nitrogens with zero attached hydrogens (tertiary/aromatic N) is 4. The molecule has 1 aliphatic rings. The van der Waals surface area contributed by atoms with E-state index >= 15 is 0 Å². The van der Waals surface area contributed by atoms with Gasteiger partial charge in [0.15, 0.2) is 0 Å². The number of nitrogen functional groups attached to an aromatic ring is 1. The van der Waals surface area contributed by atoms with Crippen molar-refractivity contribution in [2.24, 2.45) is 5.92 Å². The molecule has 8 nitrogen and oxygen atoms in total. The first-order valence-electron chi connectivity index (χ1n) is 8.34. The van der Waals surface area contributed by atoms with E-state index in [1.54, 1.807) is 0 Å². The summed E-state index contributed by atoms with van der Waals surface area (Å²) in [5, 5.41) is 14.5. The van der Waals surface area contributed by atoms with Crippen molar-refractivity contribution >= 4 is 29.0 Å². The van der Waals surface area contributed by atoms with Crippen LogP contribution in [0.25, 0.3) is 0 Å². The number of nitrogens with one attached hydrogen (secondary N) is 1. The van der Waals surface area contributed by atoms with Crippen molar-refractivity contribution < 1.29 is 4.92 Å². The van der Waals surface area contributed by atoms with Gasteiger partial charge in [0.05, 0.1) is 4.92 Å². The van der Waals surface area contributed by atoms with Gasteiger partial charge in [-0.2, -0.15) is 9.97 Å². The molecule has 132 valence electrons. The molecule has 0 unspecified atom stereocenters. The predicted molar refractivity (Wildman–Crippen MR) is 98.2 cm³/mol. The fraction of sp³-hybridized carbons (Fsp3) is 0.412. The summed E-state index contributed by atoms with van der Waals surface area (Å²) in [6.45, 7) is 5.77. The van der Waals surface area contributed by atoms with E-state index in [0.29, 0.717) is 11.9 Å². The van der Waals surface area contributed by atoms with Crippen LogP contribution in [0, 0.1) is 23.0 Å². The first-order valence-corrected chi connectivity index (χ1v) is 8.34. The Bertz CT molecular complexity index is 795. The van der Waals surface area contributed by atoms with Crippen molar-refractivity contribution in [3.63, 3.8) is 0 Å². The Kier molecular flexibility index (Phi) is 4.69. The molecule has 1 fully saturated rings. The van der Waals surface area contributed by atoms with Crippen molar-refractivity contribution in [3.05, 3.63) is 39.9 Å². The van der Waals surface area contributed by atoms with Crippen molar-refractivity contribution in [1.29, 1.82) is 0 Å². The summed E-state index contributed by atoms with van der Waals surface area (Å²) in [5.74, 6) is 0.964. The second-order valence-electron chi connectivity index (χ2n) is 6.55. The quantitative estimate of drug-likeness (QED) is 0.648. The van der Waals surface area contributed by atoms with Crippen LogP contribution in [-0.4, -0.2) is 28.0 Å². The van der Waals surface area contributed by atoms with E-state index < -0.39 is 4.92 Å². The smallest absolute Gasteiger partial charge is 0.353 e. The Morgan fingerprint density at radius 2 is 2.20 bits per heavy atom. The summed E-state index contributed by atoms with van der Waals surface area (Å²) >= 11 is 0. The first-order chi connectivity index (χ1) is 11.9. The maximum atomic E-state index is 11.4. The van der Waals surface area contributed by atoms with Crippen LogP contribution in [0.4, 0.5) is 29.0 Å². The van der Waals surface area contributed by atoms with E-state index in [-0.39, 0.29) is 17.3 Å². The lowest BCUT2D eigenvalue weighted by Gasteiger charge is -2.31. The van der Waals surface area contributed by atoms with Crippen molar-refractivity contribution in [3.8, 4) is 0 Å². The van der Waals surface area contributed by atoms with E-state index in [1.807, 2.05) is 36.1 Å². The Hall–Kier alpha value is -2.90. The van der Waals surface area contributed by atoms with Gasteiger partial charge in [0.25, 0.3) is 0 Å². The number of hydrogen-bond acceptors (Lipinski definition) is 7. The van der Waals surface area contributed by atoms with Crippen LogP contribution in [0.5, 0.6) is 0 Å². The molecule has 1 aliphatic heterocycles. The number of rotatable bonds is 4. The molecule has 2 heterocycles. The molecule has 0 saturated carbocycles. The van der Waals surface area contributed by atoms with Crippen LogP contribution in [0.15, 0.2) is 24.3 Å². The molecule has 0 bridgehead atoms. The van der Waals surface area contributed by atoms with Gasteiger partial charge in [0.1, 0.15) is 0 Å². The third-order valence-electron chi connectivity index (χ3n) is 4.30. The Labute approximate surface area is 146 Å². The lowest BCUT2D eigenvalue weighted by molar-refractivity contribution is -0.383. The lowest BCUT2D eigenvalue weighted by Crippen LogP contribution is -2.35. The second kappa shape index (κ2) is 6.92. The molecule has 0 aliphatic carbocycles. The fourth-order valence-corrected chi connectivity index (χ4v) is 3.10. The van der Waals surface area contributed by atoms with Crippen LogP contribution in [-0.2, 0) is 0 Å². The zero-order valence-electron chi connectivity index (χ0n) is 14.4. The predicted octanol–water partition coefficient (Wildman–Crippen LogP) is 3.26. The third kappa shape index (κ3) is 3.78. The average molecular weight is 342 g/mol. The van der Waals surface area contributed by atoms with Crippen LogP contribution in [0.3, 0.4) is 0 Å². The molecule has 1 saturated heterocycles. The van der Waals surface area contributed by atoms with Gasteiger partial charge in [0.2, 0.25) is 17.6 Å². The van der Waals surface area contributed by atoms with Gasteiger partial charge >= 0.3 is 5.69 Å². The molecule has 0 radical (unpaired) electrons. The van der Waals surface area contributed by atoms with Crippen LogP contribution < -0.4 is 16.0 Å². The molecule has 1 atom stereocenters. The fourth-order valence-electron chi connectivity index (χ4n) is 3.10. The van der Waals surface area contributed by atoms with Gasteiger partial charge in [-0.3, -0.25) is 10.1 Å². The molecular formula is C17H22N6O2. The van der Waals surface area contributed by atoms with Crippen molar-refractivity contribution in [1.82, 2.24) is 9.97 Å². The molecule has 1 aromatic carbocycles. The molecule has 3 rings (SSSR count). The highest BCUT2D eigenvalue weighted by Crippen LogP contribution is 2.33. The van der Waals surface area contributed by atoms with Gasteiger partial charge < -0.3 is 16.0 Å². The topological polar surface area (TPSA) is 110 Å². The van der Waals surface area contributed by atoms with E-state index in [9.17, 15) is 10.1 Å². The molecule has 3 N–H and O–H groups in total. The minimum atomic E-state index is -0.546. The maximum Gasteiger partial charge on any atom is 0.353 e. The summed E-state index contributed by atoms with van der Waals surface area (Å²) < 4.78 is 0. The number of anilines is 4. The number of benzene rings is 1. The SMILES string of the molecule is Cc1cccc(Nc2nc(N3CCC[C@H](C)C3)nc(N)c2[N+](=O)[O-])c1. The lowest BCUT2D eigenvalue weighted by atomic mass is 10.0. The zero-order chi connectivity index (χ0) is 18.0. The van der Waals surface area contributed by atoms with Gasteiger partial charge in [0, 0.05) is 18.8 Å². The highest BCUT2D eigenvalue weighted by molar-refractivity contribution is 5.74. The standard InChI is InChI=1S/C17H22N6O2/c1-11-5-3-7-13(9-11)19-16-14(23(24)25)15(18)20-17(21-16)22-8-4-6-12(2)10-22/h3,5,7,9,12H,4,6,8,10H2,1-2H3,(H3,18,19,20,21)/t12-/m0/s1. The highest BCUT2D eigenvalue weighted by Gasteiger charge is 2.26. The van der Waals surface area contributed by atoms with Crippen LogP contribution >= 0.6 is 0 Å². The zero-order valence-corrected chi connectivity index (χ0v) is 14.4. The molecule has 1 aromatic heterocycles. The average Bonchev–Trinajstić information content (AvgIpc) is 2.54. The number of aryl methyl sites for hydroxylation is 1. The van der Waals surface area contributed by atoms with Crippen LogP contribution in [0.1, 0.15) is 25.3 Å². The minimum absolute atomic E-state index is 0.122.